The van der Waals surface area contributed by atoms with E-state index in [0.29, 0.717) is 17.2 Å². The predicted octanol–water partition coefficient (Wildman–Crippen LogP) is 3.26. The Morgan fingerprint density at radius 1 is 0.917 bits per heavy atom. The van der Waals surface area contributed by atoms with Crippen molar-refractivity contribution < 1.29 is 13.2 Å². The summed E-state index contributed by atoms with van der Waals surface area (Å²) in [4.78, 5) is 12.3. The van der Waals surface area contributed by atoms with Crippen LogP contribution in [0, 0.1) is 5.92 Å². The first-order chi connectivity index (χ1) is 11.3. The van der Waals surface area contributed by atoms with Crippen molar-refractivity contribution in [2.45, 2.75) is 31.7 Å². The van der Waals surface area contributed by atoms with Crippen LogP contribution in [0.4, 0.5) is 5.69 Å². The quantitative estimate of drug-likeness (QED) is 0.843. The van der Waals surface area contributed by atoms with Crippen LogP contribution in [0.5, 0.6) is 0 Å². The minimum atomic E-state index is -3.63. The van der Waals surface area contributed by atoms with E-state index in [1.165, 1.54) is 12.1 Å². The number of anilines is 1. The maximum Gasteiger partial charge on any atom is 0.261 e. The summed E-state index contributed by atoms with van der Waals surface area (Å²) >= 11 is 0. The molecular formula is C18H22N2O3S. The molecule has 0 aliphatic carbocycles. The van der Waals surface area contributed by atoms with Crippen LogP contribution in [-0.2, 0) is 10.0 Å². The molecule has 0 heterocycles. The highest BCUT2D eigenvalue weighted by atomic mass is 32.2. The Kier molecular flexibility index (Phi) is 5.62. The van der Waals surface area contributed by atoms with Crippen LogP contribution in [0.25, 0.3) is 0 Å². The minimum Gasteiger partial charge on any atom is -0.349 e. The molecule has 1 unspecified atom stereocenters. The second-order valence-electron chi connectivity index (χ2n) is 6.00. The molecule has 0 aliphatic rings. The van der Waals surface area contributed by atoms with E-state index >= 15 is 0 Å². The SMILES string of the molecule is CC(C)C(C)NC(=O)c1ccc(NS(=O)(=O)c2ccccc2)cc1. The Labute approximate surface area is 143 Å². The van der Waals surface area contributed by atoms with Crippen LogP contribution in [0.15, 0.2) is 59.5 Å². The summed E-state index contributed by atoms with van der Waals surface area (Å²) in [5.74, 6) is 0.166. The van der Waals surface area contributed by atoms with Gasteiger partial charge in [-0.05, 0) is 49.2 Å². The Morgan fingerprint density at radius 2 is 1.50 bits per heavy atom. The molecule has 24 heavy (non-hydrogen) atoms. The van der Waals surface area contributed by atoms with E-state index < -0.39 is 10.0 Å². The smallest absolute Gasteiger partial charge is 0.261 e. The van der Waals surface area contributed by atoms with Crippen molar-refractivity contribution in [3.05, 3.63) is 60.2 Å². The maximum absolute atomic E-state index is 12.3. The molecule has 1 atom stereocenters. The number of hydrogen-bond acceptors (Lipinski definition) is 3. The van der Waals surface area contributed by atoms with Gasteiger partial charge in [0, 0.05) is 17.3 Å². The van der Waals surface area contributed by atoms with Crippen molar-refractivity contribution in [1.29, 1.82) is 0 Å². The number of amides is 1. The molecule has 0 aromatic heterocycles. The van der Waals surface area contributed by atoms with E-state index in [2.05, 4.69) is 10.0 Å². The van der Waals surface area contributed by atoms with Crippen molar-refractivity contribution in [3.63, 3.8) is 0 Å². The summed E-state index contributed by atoms with van der Waals surface area (Å²) in [6, 6.07) is 14.6. The number of hydrogen-bond donors (Lipinski definition) is 2. The second kappa shape index (κ2) is 7.49. The van der Waals surface area contributed by atoms with Crippen LogP contribution in [-0.4, -0.2) is 20.4 Å². The fourth-order valence-corrected chi connectivity index (χ4v) is 3.04. The van der Waals surface area contributed by atoms with Gasteiger partial charge in [0.05, 0.1) is 4.90 Å². The summed E-state index contributed by atoms with van der Waals surface area (Å²) in [5.41, 5.74) is 0.900. The molecule has 2 N–H and O–H groups in total. The van der Waals surface area contributed by atoms with Crippen molar-refractivity contribution in [2.24, 2.45) is 5.92 Å². The van der Waals surface area contributed by atoms with Gasteiger partial charge in [0.2, 0.25) is 0 Å². The molecular weight excluding hydrogens is 324 g/mol. The number of sulfonamides is 1. The van der Waals surface area contributed by atoms with E-state index in [1.54, 1.807) is 42.5 Å². The van der Waals surface area contributed by atoms with Crippen molar-refractivity contribution >= 4 is 21.6 Å². The zero-order valence-electron chi connectivity index (χ0n) is 14.0. The number of nitrogens with one attached hydrogen (secondary N) is 2. The van der Waals surface area contributed by atoms with Crippen LogP contribution >= 0.6 is 0 Å². The molecule has 0 fully saturated rings. The zero-order chi connectivity index (χ0) is 17.7. The van der Waals surface area contributed by atoms with Gasteiger partial charge < -0.3 is 5.32 Å². The summed E-state index contributed by atoms with van der Waals surface area (Å²) in [6.07, 6.45) is 0. The largest absolute Gasteiger partial charge is 0.349 e. The molecule has 0 spiro atoms. The predicted molar refractivity (Wildman–Crippen MR) is 95.5 cm³/mol. The lowest BCUT2D eigenvalue weighted by Gasteiger charge is -2.17. The first kappa shape index (κ1) is 18.0. The van der Waals surface area contributed by atoms with Crippen LogP contribution < -0.4 is 10.0 Å². The molecule has 0 radical (unpaired) electrons. The molecule has 1 amide bonds. The third-order valence-corrected chi connectivity index (χ3v) is 5.21. The van der Waals surface area contributed by atoms with Crippen LogP contribution in [0.2, 0.25) is 0 Å². The van der Waals surface area contributed by atoms with Gasteiger partial charge in [0.15, 0.2) is 0 Å². The van der Waals surface area contributed by atoms with Gasteiger partial charge >= 0.3 is 0 Å². The van der Waals surface area contributed by atoms with E-state index in [4.69, 9.17) is 0 Å². The standard InChI is InChI=1S/C18H22N2O3S/c1-13(2)14(3)19-18(21)15-9-11-16(12-10-15)20-24(22,23)17-7-5-4-6-8-17/h4-14,20H,1-3H3,(H,19,21). The molecule has 2 aromatic carbocycles. The fourth-order valence-electron chi connectivity index (χ4n) is 1.96. The lowest BCUT2D eigenvalue weighted by atomic mass is 10.1. The third-order valence-electron chi connectivity index (χ3n) is 3.81. The fraction of sp³-hybridized carbons (Fsp3) is 0.278. The third kappa shape index (κ3) is 4.58. The van der Waals surface area contributed by atoms with Crippen molar-refractivity contribution in [3.8, 4) is 0 Å². The normalized spacial score (nSPS) is 12.7. The monoisotopic (exact) mass is 346 g/mol. The van der Waals surface area contributed by atoms with Crippen LogP contribution in [0.3, 0.4) is 0 Å². The highest BCUT2D eigenvalue weighted by Gasteiger charge is 2.15. The summed E-state index contributed by atoms with van der Waals surface area (Å²) in [7, 11) is -3.63. The van der Waals surface area contributed by atoms with E-state index in [9.17, 15) is 13.2 Å². The summed E-state index contributed by atoms with van der Waals surface area (Å²) in [6.45, 7) is 6.02. The van der Waals surface area contributed by atoms with Crippen LogP contribution in [0.1, 0.15) is 31.1 Å². The number of rotatable bonds is 6. The first-order valence-corrected chi connectivity index (χ1v) is 9.26. The van der Waals surface area contributed by atoms with E-state index in [-0.39, 0.29) is 16.8 Å². The average Bonchev–Trinajstić information content (AvgIpc) is 2.55. The number of carbonyl (C=O) groups excluding carboxylic acids is 1. The van der Waals surface area contributed by atoms with Gasteiger partial charge in [0.1, 0.15) is 0 Å². The van der Waals surface area contributed by atoms with E-state index in [1.807, 2.05) is 20.8 Å². The molecule has 0 saturated heterocycles. The molecule has 2 rings (SSSR count). The highest BCUT2D eigenvalue weighted by molar-refractivity contribution is 7.92. The second-order valence-corrected chi connectivity index (χ2v) is 7.68. The molecule has 128 valence electrons. The Hall–Kier alpha value is -2.34. The molecule has 2 aromatic rings. The lowest BCUT2D eigenvalue weighted by molar-refractivity contribution is 0.0930. The van der Waals surface area contributed by atoms with E-state index in [0.717, 1.165) is 0 Å². The van der Waals surface area contributed by atoms with Crippen molar-refractivity contribution in [1.82, 2.24) is 5.32 Å². The minimum absolute atomic E-state index is 0.0637. The Balaban J connectivity index is 2.09. The average molecular weight is 346 g/mol. The maximum atomic E-state index is 12.3. The topological polar surface area (TPSA) is 75.3 Å². The summed E-state index contributed by atoms with van der Waals surface area (Å²) in [5, 5.41) is 2.91. The molecule has 0 saturated carbocycles. The van der Waals surface area contributed by atoms with Crippen molar-refractivity contribution in [2.75, 3.05) is 4.72 Å². The highest BCUT2D eigenvalue weighted by Crippen LogP contribution is 2.16. The molecule has 0 aliphatic heterocycles. The zero-order valence-corrected chi connectivity index (χ0v) is 14.8. The van der Waals surface area contributed by atoms with Gasteiger partial charge in [0.25, 0.3) is 15.9 Å². The lowest BCUT2D eigenvalue weighted by Crippen LogP contribution is -2.36. The molecule has 6 heteroatoms. The molecule has 5 nitrogen and oxygen atoms in total. The summed E-state index contributed by atoms with van der Waals surface area (Å²) < 4.78 is 27.0. The van der Waals surface area contributed by atoms with Gasteiger partial charge in [-0.1, -0.05) is 32.0 Å². The Bertz CT molecular complexity index is 785. The Morgan fingerprint density at radius 3 is 2.04 bits per heavy atom. The van der Waals surface area contributed by atoms with Gasteiger partial charge in [-0.3, -0.25) is 9.52 Å². The number of benzene rings is 2. The number of carbonyl (C=O) groups is 1. The first-order valence-electron chi connectivity index (χ1n) is 7.78. The molecule has 0 bridgehead atoms. The van der Waals surface area contributed by atoms with Gasteiger partial charge in [-0.15, -0.1) is 0 Å². The van der Waals surface area contributed by atoms with Gasteiger partial charge in [-0.2, -0.15) is 0 Å². The van der Waals surface area contributed by atoms with Gasteiger partial charge in [-0.25, -0.2) is 8.42 Å².